The van der Waals surface area contributed by atoms with Crippen LogP contribution < -0.4 is 5.73 Å². The molecular weight excluding hydrogens is 178 g/mol. The van der Waals surface area contributed by atoms with Gasteiger partial charge >= 0.3 is 0 Å². The van der Waals surface area contributed by atoms with Crippen LogP contribution in [0.1, 0.15) is 5.82 Å². The zero-order valence-corrected chi connectivity index (χ0v) is 7.88. The Bertz CT molecular complexity index is 417. The van der Waals surface area contributed by atoms with Crippen molar-refractivity contribution in [2.45, 2.75) is 6.54 Å². The van der Waals surface area contributed by atoms with Gasteiger partial charge in [-0.3, -0.25) is 0 Å². The van der Waals surface area contributed by atoms with Gasteiger partial charge in [-0.1, -0.05) is 0 Å². The van der Waals surface area contributed by atoms with Crippen molar-refractivity contribution >= 4 is 0 Å². The van der Waals surface area contributed by atoms with Gasteiger partial charge in [0, 0.05) is 31.8 Å². The monoisotopic (exact) mass is 189 g/mol. The number of aromatic nitrogens is 4. The second kappa shape index (κ2) is 3.55. The van der Waals surface area contributed by atoms with Gasteiger partial charge in [-0.2, -0.15) is 0 Å². The van der Waals surface area contributed by atoms with Crippen LogP contribution in [-0.4, -0.2) is 19.5 Å². The van der Waals surface area contributed by atoms with Crippen LogP contribution in [0.2, 0.25) is 0 Å². The molecule has 14 heavy (non-hydrogen) atoms. The molecule has 5 nitrogen and oxygen atoms in total. The van der Waals surface area contributed by atoms with Crippen LogP contribution in [0.25, 0.3) is 11.4 Å². The van der Waals surface area contributed by atoms with Crippen LogP contribution in [0.15, 0.2) is 24.8 Å². The molecule has 2 heterocycles. The quantitative estimate of drug-likeness (QED) is 0.739. The largest absolute Gasteiger partial charge is 0.334 e. The highest BCUT2D eigenvalue weighted by Gasteiger charge is 2.03. The Morgan fingerprint density at radius 2 is 2.00 bits per heavy atom. The minimum atomic E-state index is 0.362. The molecule has 5 heteroatoms. The van der Waals surface area contributed by atoms with Gasteiger partial charge in [0.05, 0.1) is 12.1 Å². The lowest BCUT2D eigenvalue weighted by molar-refractivity contribution is 0.892. The summed E-state index contributed by atoms with van der Waals surface area (Å²) in [5.74, 6) is 1.50. The molecule has 2 aromatic rings. The Morgan fingerprint density at radius 1 is 1.29 bits per heavy atom. The van der Waals surface area contributed by atoms with Crippen molar-refractivity contribution in [1.29, 1.82) is 0 Å². The molecular formula is C9H11N5. The van der Waals surface area contributed by atoms with Gasteiger partial charge in [0.15, 0.2) is 0 Å². The predicted molar refractivity (Wildman–Crippen MR) is 52.1 cm³/mol. The Kier molecular flexibility index (Phi) is 2.24. The van der Waals surface area contributed by atoms with Crippen molar-refractivity contribution in [3.8, 4) is 11.4 Å². The molecule has 0 atom stereocenters. The SMILES string of the molecule is Cn1ccnc1-c1cnc(CN)nc1. The highest BCUT2D eigenvalue weighted by Crippen LogP contribution is 2.13. The third-order valence-corrected chi connectivity index (χ3v) is 1.97. The van der Waals surface area contributed by atoms with Crippen molar-refractivity contribution in [2.75, 3.05) is 0 Å². The van der Waals surface area contributed by atoms with Gasteiger partial charge in [-0.05, 0) is 0 Å². The molecule has 0 aliphatic rings. The van der Waals surface area contributed by atoms with Gasteiger partial charge in [-0.15, -0.1) is 0 Å². The Morgan fingerprint density at radius 3 is 2.50 bits per heavy atom. The third-order valence-electron chi connectivity index (χ3n) is 1.97. The maximum absolute atomic E-state index is 5.40. The minimum absolute atomic E-state index is 0.362. The molecule has 0 aliphatic heterocycles. The zero-order chi connectivity index (χ0) is 9.97. The number of hydrogen-bond acceptors (Lipinski definition) is 4. The summed E-state index contributed by atoms with van der Waals surface area (Å²) in [6.45, 7) is 0.362. The molecule has 0 amide bonds. The highest BCUT2D eigenvalue weighted by atomic mass is 15.0. The number of hydrogen-bond donors (Lipinski definition) is 1. The van der Waals surface area contributed by atoms with E-state index >= 15 is 0 Å². The average molecular weight is 189 g/mol. The predicted octanol–water partition coefficient (Wildman–Crippen LogP) is 0.336. The molecule has 2 aromatic heterocycles. The fourth-order valence-electron chi connectivity index (χ4n) is 1.22. The van der Waals surface area contributed by atoms with Gasteiger partial charge < -0.3 is 10.3 Å². The Labute approximate surface area is 81.6 Å². The van der Waals surface area contributed by atoms with E-state index in [1.54, 1.807) is 18.6 Å². The Hall–Kier alpha value is -1.75. The molecule has 0 saturated heterocycles. The second-order valence-electron chi connectivity index (χ2n) is 2.95. The summed E-state index contributed by atoms with van der Waals surface area (Å²) in [7, 11) is 1.93. The van der Waals surface area contributed by atoms with E-state index in [2.05, 4.69) is 15.0 Å². The zero-order valence-electron chi connectivity index (χ0n) is 7.88. The number of imidazole rings is 1. The Balaban J connectivity index is 2.39. The summed E-state index contributed by atoms with van der Waals surface area (Å²) >= 11 is 0. The van der Waals surface area contributed by atoms with E-state index < -0.39 is 0 Å². The minimum Gasteiger partial charge on any atom is -0.334 e. The maximum Gasteiger partial charge on any atom is 0.142 e. The van der Waals surface area contributed by atoms with Crippen LogP contribution >= 0.6 is 0 Å². The van der Waals surface area contributed by atoms with Crippen LogP contribution in [-0.2, 0) is 13.6 Å². The summed E-state index contributed by atoms with van der Waals surface area (Å²) in [4.78, 5) is 12.4. The summed E-state index contributed by atoms with van der Waals surface area (Å²) < 4.78 is 1.92. The van der Waals surface area contributed by atoms with E-state index in [0.29, 0.717) is 12.4 Å². The summed E-state index contributed by atoms with van der Waals surface area (Å²) in [5, 5.41) is 0. The van der Waals surface area contributed by atoms with Gasteiger partial charge in [0.2, 0.25) is 0 Å². The first-order valence-electron chi connectivity index (χ1n) is 4.30. The molecule has 0 saturated carbocycles. The first-order chi connectivity index (χ1) is 6.81. The molecule has 0 spiro atoms. The van der Waals surface area contributed by atoms with Gasteiger partial charge in [0.1, 0.15) is 11.6 Å². The fraction of sp³-hybridized carbons (Fsp3) is 0.222. The first-order valence-corrected chi connectivity index (χ1v) is 4.30. The van der Waals surface area contributed by atoms with Crippen molar-refractivity contribution in [3.63, 3.8) is 0 Å². The van der Waals surface area contributed by atoms with Crippen molar-refractivity contribution in [1.82, 2.24) is 19.5 Å². The smallest absolute Gasteiger partial charge is 0.142 e. The van der Waals surface area contributed by atoms with Crippen LogP contribution in [0, 0.1) is 0 Å². The normalized spacial score (nSPS) is 10.4. The third kappa shape index (κ3) is 1.49. The number of rotatable bonds is 2. The summed E-state index contributed by atoms with van der Waals surface area (Å²) in [6, 6.07) is 0. The number of nitrogens with two attached hydrogens (primary N) is 1. The topological polar surface area (TPSA) is 69.6 Å². The van der Waals surface area contributed by atoms with E-state index in [1.165, 1.54) is 0 Å². The van der Waals surface area contributed by atoms with E-state index in [-0.39, 0.29) is 0 Å². The lowest BCUT2D eigenvalue weighted by atomic mass is 10.3. The molecule has 0 aliphatic carbocycles. The molecule has 0 aromatic carbocycles. The number of aryl methyl sites for hydroxylation is 1. The standard InChI is InChI=1S/C9H11N5/c1-14-3-2-11-9(14)7-5-12-8(4-10)13-6-7/h2-3,5-6H,4,10H2,1H3. The van der Waals surface area contributed by atoms with Crippen LogP contribution in [0.5, 0.6) is 0 Å². The average Bonchev–Trinajstić information content (AvgIpc) is 2.65. The summed E-state index contributed by atoms with van der Waals surface area (Å²) in [6.07, 6.45) is 7.09. The highest BCUT2D eigenvalue weighted by molar-refractivity contribution is 5.52. The van der Waals surface area contributed by atoms with Crippen LogP contribution in [0.3, 0.4) is 0 Å². The van der Waals surface area contributed by atoms with Crippen molar-refractivity contribution < 1.29 is 0 Å². The van der Waals surface area contributed by atoms with Crippen molar-refractivity contribution in [2.24, 2.45) is 12.8 Å². The van der Waals surface area contributed by atoms with Crippen LogP contribution in [0.4, 0.5) is 0 Å². The molecule has 72 valence electrons. The molecule has 2 rings (SSSR count). The maximum atomic E-state index is 5.40. The molecule has 0 bridgehead atoms. The molecule has 0 fully saturated rings. The molecule has 0 radical (unpaired) electrons. The second-order valence-corrected chi connectivity index (χ2v) is 2.95. The van der Waals surface area contributed by atoms with Crippen molar-refractivity contribution in [3.05, 3.63) is 30.6 Å². The van der Waals surface area contributed by atoms with E-state index in [4.69, 9.17) is 5.73 Å². The molecule has 0 unspecified atom stereocenters. The number of nitrogens with zero attached hydrogens (tertiary/aromatic N) is 4. The lowest BCUT2D eigenvalue weighted by Gasteiger charge is -2.01. The van der Waals surface area contributed by atoms with E-state index in [9.17, 15) is 0 Å². The van der Waals surface area contributed by atoms with Gasteiger partial charge in [-0.25, -0.2) is 15.0 Å². The van der Waals surface area contributed by atoms with E-state index in [1.807, 2.05) is 17.8 Å². The van der Waals surface area contributed by atoms with E-state index in [0.717, 1.165) is 11.4 Å². The lowest BCUT2D eigenvalue weighted by Crippen LogP contribution is -2.03. The first kappa shape index (κ1) is 8.83. The summed E-state index contributed by atoms with van der Waals surface area (Å²) in [5.41, 5.74) is 6.30. The van der Waals surface area contributed by atoms with Gasteiger partial charge in [0.25, 0.3) is 0 Å². The molecule has 2 N–H and O–H groups in total. The fourth-order valence-corrected chi connectivity index (χ4v) is 1.22.